The highest BCUT2D eigenvalue weighted by molar-refractivity contribution is 6.25. The summed E-state index contributed by atoms with van der Waals surface area (Å²) >= 11 is 0. The Labute approximate surface area is 167 Å². The van der Waals surface area contributed by atoms with Crippen molar-refractivity contribution < 1.29 is 29.1 Å². The summed E-state index contributed by atoms with van der Waals surface area (Å²) in [7, 11) is 0. The van der Waals surface area contributed by atoms with Crippen LogP contribution in [0.4, 0.5) is 17.1 Å². The van der Waals surface area contributed by atoms with Gasteiger partial charge < -0.3 is 4.74 Å². The second kappa shape index (κ2) is 7.66. The molecule has 0 aromatic heterocycles. The van der Waals surface area contributed by atoms with Gasteiger partial charge in [-0.1, -0.05) is 13.3 Å². The molecule has 3 rings (SSSR count). The molecule has 12 nitrogen and oxygen atoms in total. The standard InChI is InChI=1S/C18H13N3O9/c1-2-3-4-30-18(23)9-5-11-15(13(6-9)20(26)27)16-12(17(11)22)7-10(19(24)25)8-14(16)21(28)29/h5-8H,2-4H2,1H3. The van der Waals surface area contributed by atoms with E-state index in [0.29, 0.717) is 12.5 Å². The summed E-state index contributed by atoms with van der Waals surface area (Å²) in [6.07, 6.45) is 1.31. The van der Waals surface area contributed by atoms with E-state index in [0.717, 1.165) is 24.6 Å². The van der Waals surface area contributed by atoms with Crippen LogP contribution in [-0.4, -0.2) is 33.1 Å². The maximum Gasteiger partial charge on any atom is 0.338 e. The molecule has 0 spiro atoms. The van der Waals surface area contributed by atoms with Crippen molar-refractivity contribution in [3.05, 3.63) is 71.3 Å². The number of non-ortho nitro benzene ring substituents is 1. The van der Waals surface area contributed by atoms with E-state index in [9.17, 15) is 39.9 Å². The van der Waals surface area contributed by atoms with Gasteiger partial charge in [0.2, 0.25) is 0 Å². The molecule has 0 heterocycles. The summed E-state index contributed by atoms with van der Waals surface area (Å²) in [5, 5.41) is 34.2. The van der Waals surface area contributed by atoms with E-state index in [4.69, 9.17) is 4.74 Å². The molecule has 2 aromatic rings. The SMILES string of the molecule is CCCCOC(=O)c1cc2c(c([N+](=O)[O-])c1)-c1c(cc([N+](=O)[O-])cc1[N+](=O)[O-])C2=O. The average molecular weight is 415 g/mol. The first kappa shape index (κ1) is 20.5. The van der Waals surface area contributed by atoms with Crippen molar-refractivity contribution >= 4 is 28.8 Å². The van der Waals surface area contributed by atoms with Gasteiger partial charge >= 0.3 is 5.97 Å². The zero-order valence-electron chi connectivity index (χ0n) is 15.4. The molecule has 0 atom stereocenters. The fourth-order valence-corrected chi connectivity index (χ4v) is 3.17. The van der Waals surface area contributed by atoms with Gasteiger partial charge in [-0.2, -0.15) is 0 Å². The summed E-state index contributed by atoms with van der Waals surface area (Å²) < 4.78 is 5.02. The van der Waals surface area contributed by atoms with Gasteiger partial charge in [-0.25, -0.2) is 4.79 Å². The molecule has 2 aromatic carbocycles. The molecular formula is C18H13N3O9. The number of hydrogen-bond acceptors (Lipinski definition) is 9. The number of benzene rings is 2. The van der Waals surface area contributed by atoms with Crippen molar-refractivity contribution in [3.63, 3.8) is 0 Å². The fraction of sp³-hybridized carbons (Fsp3) is 0.222. The Kier molecular flexibility index (Phi) is 5.24. The Hall–Kier alpha value is -4.22. The van der Waals surface area contributed by atoms with Gasteiger partial charge in [0, 0.05) is 23.3 Å². The quantitative estimate of drug-likeness (QED) is 0.242. The van der Waals surface area contributed by atoms with Crippen LogP contribution in [0.3, 0.4) is 0 Å². The average Bonchev–Trinajstić information content (AvgIpc) is 2.98. The number of ketones is 1. The second-order valence-corrected chi connectivity index (χ2v) is 6.40. The van der Waals surface area contributed by atoms with Crippen LogP contribution in [0, 0.1) is 30.3 Å². The van der Waals surface area contributed by atoms with Crippen LogP contribution < -0.4 is 0 Å². The molecule has 12 heteroatoms. The Morgan fingerprint density at radius 1 is 0.900 bits per heavy atom. The Morgan fingerprint density at radius 3 is 2.00 bits per heavy atom. The molecule has 0 N–H and O–H groups in total. The minimum absolute atomic E-state index is 0.0755. The molecule has 0 saturated carbocycles. The van der Waals surface area contributed by atoms with E-state index in [1.165, 1.54) is 0 Å². The predicted molar refractivity (Wildman–Crippen MR) is 100 cm³/mol. The molecule has 0 radical (unpaired) electrons. The van der Waals surface area contributed by atoms with Gasteiger partial charge in [-0.15, -0.1) is 0 Å². The third kappa shape index (κ3) is 3.34. The highest BCUT2D eigenvalue weighted by atomic mass is 16.6. The molecule has 1 aliphatic carbocycles. The van der Waals surface area contributed by atoms with E-state index in [1.54, 1.807) is 0 Å². The van der Waals surface area contributed by atoms with E-state index in [2.05, 4.69) is 0 Å². The summed E-state index contributed by atoms with van der Waals surface area (Å²) in [5.74, 6) is -1.78. The number of esters is 1. The fourth-order valence-electron chi connectivity index (χ4n) is 3.17. The lowest BCUT2D eigenvalue weighted by Gasteiger charge is -2.07. The largest absolute Gasteiger partial charge is 0.462 e. The van der Waals surface area contributed by atoms with Crippen LogP contribution in [0.1, 0.15) is 46.0 Å². The molecule has 0 amide bonds. The van der Waals surface area contributed by atoms with E-state index in [1.807, 2.05) is 6.92 Å². The predicted octanol–water partition coefficient (Wildman–Crippen LogP) is 3.58. The van der Waals surface area contributed by atoms with Gasteiger partial charge in [-0.3, -0.25) is 35.1 Å². The van der Waals surface area contributed by atoms with Crippen LogP contribution in [0.15, 0.2) is 24.3 Å². The number of carbonyl (C=O) groups excluding carboxylic acids is 2. The van der Waals surface area contributed by atoms with Crippen LogP contribution in [-0.2, 0) is 4.74 Å². The maximum absolute atomic E-state index is 12.8. The Morgan fingerprint density at radius 2 is 1.47 bits per heavy atom. The first-order valence-corrected chi connectivity index (χ1v) is 8.68. The summed E-state index contributed by atoms with van der Waals surface area (Å²) in [4.78, 5) is 56.5. The smallest absolute Gasteiger partial charge is 0.338 e. The van der Waals surface area contributed by atoms with Gasteiger partial charge in [-0.05, 0) is 12.5 Å². The number of hydrogen-bond donors (Lipinski definition) is 0. The minimum atomic E-state index is -0.954. The monoisotopic (exact) mass is 415 g/mol. The van der Waals surface area contributed by atoms with Crippen molar-refractivity contribution in [2.45, 2.75) is 19.8 Å². The number of nitro groups is 3. The lowest BCUT2D eigenvalue weighted by Crippen LogP contribution is -2.09. The number of rotatable bonds is 7. The van der Waals surface area contributed by atoms with E-state index in [-0.39, 0.29) is 28.9 Å². The van der Waals surface area contributed by atoms with Crippen LogP contribution >= 0.6 is 0 Å². The van der Waals surface area contributed by atoms with Crippen molar-refractivity contribution in [2.24, 2.45) is 0 Å². The molecule has 1 aliphatic rings. The second-order valence-electron chi connectivity index (χ2n) is 6.40. The van der Waals surface area contributed by atoms with Gasteiger partial charge in [0.05, 0.1) is 44.1 Å². The molecule has 154 valence electrons. The zero-order chi connectivity index (χ0) is 22.2. The highest BCUT2D eigenvalue weighted by Gasteiger charge is 2.41. The highest BCUT2D eigenvalue weighted by Crippen LogP contribution is 2.48. The zero-order valence-corrected chi connectivity index (χ0v) is 15.4. The Balaban J connectivity index is 2.26. The number of nitro benzene ring substituents is 3. The van der Waals surface area contributed by atoms with E-state index < -0.39 is 49.1 Å². The van der Waals surface area contributed by atoms with Crippen molar-refractivity contribution in [2.75, 3.05) is 6.61 Å². The topological polar surface area (TPSA) is 173 Å². The lowest BCUT2D eigenvalue weighted by atomic mass is 9.99. The van der Waals surface area contributed by atoms with Crippen molar-refractivity contribution in [3.8, 4) is 11.1 Å². The van der Waals surface area contributed by atoms with Crippen molar-refractivity contribution in [1.29, 1.82) is 0 Å². The number of fused-ring (bicyclic) bond motifs is 3. The lowest BCUT2D eigenvalue weighted by molar-refractivity contribution is -0.394. The molecule has 30 heavy (non-hydrogen) atoms. The summed E-state index contributed by atoms with van der Waals surface area (Å²) in [6.45, 7) is 1.95. The third-order valence-electron chi connectivity index (χ3n) is 4.53. The molecule has 0 saturated heterocycles. The van der Waals surface area contributed by atoms with Crippen LogP contribution in [0.25, 0.3) is 11.1 Å². The molecule has 0 aliphatic heterocycles. The van der Waals surface area contributed by atoms with Gasteiger partial charge in [0.25, 0.3) is 17.1 Å². The first-order valence-electron chi connectivity index (χ1n) is 8.68. The molecule has 0 bridgehead atoms. The van der Waals surface area contributed by atoms with E-state index >= 15 is 0 Å². The minimum Gasteiger partial charge on any atom is -0.462 e. The Bertz CT molecular complexity index is 1140. The number of unbranched alkanes of at least 4 members (excludes halogenated alkanes) is 1. The normalized spacial score (nSPS) is 11.6. The van der Waals surface area contributed by atoms with Crippen molar-refractivity contribution in [1.82, 2.24) is 0 Å². The molecule has 0 unspecified atom stereocenters. The van der Waals surface area contributed by atoms with Gasteiger partial charge in [0.15, 0.2) is 5.78 Å². The number of carbonyl (C=O) groups is 2. The summed E-state index contributed by atoms with van der Waals surface area (Å²) in [5.41, 5.74) is -3.98. The first-order chi connectivity index (χ1) is 14.2. The number of nitrogens with zero attached hydrogens (tertiary/aromatic N) is 3. The van der Waals surface area contributed by atoms with Crippen LogP contribution in [0.5, 0.6) is 0 Å². The number of ether oxygens (including phenoxy) is 1. The molecular weight excluding hydrogens is 402 g/mol. The third-order valence-corrected chi connectivity index (χ3v) is 4.53. The molecule has 0 fully saturated rings. The maximum atomic E-state index is 12.8. The van der Waals surface area contributed by atoms with Crippen LogP contribution in [0.2, 0.25) is 0 Å². The summed E-state index contributed by atoms with van der Waals surface area (Å²) in [6, 6.07) is 3.39. The van der Waals surface area contributed by atoms with Gasteiger partial charge in [0.1, 0.15) is 0 Å².